The van der Waals surface area contributed by atoms with Crippen LogP contribution in [0.4, 0.5) is 0 Å². The minimum absolute atomic E-state index is 0.479. The molecule has 0 saturated carbocycles. The minimum atomic E-state index is -0.868. The highest BCUT2D eigenvalue weighted by Gasteiger charge is 2.21. The summed E-state index contributed by atoms with van der Waals surface area (Å²) in [6, 6.07) is 6.97. The maximum Gasteiger partial charge on any atom is 0.314 e. The highest BCUT2D eigenvalue weighted by Crippen LogP contribution is 2.29. The molecule has 2 rings (SSSR count). The lowest BCUT2D eigenvalue weighted by molar-refractivity contribution is -0.139. The number of benzene rings is 1. The number of furan rings is 1. The van der Waals surface area contributed by atoms with E-state index in [1.54, 1.807) is 24.3 Å². The predicted molar refractivity (Wildman–Crippen MR) is 61.9 cm³/mol. The van der Waals surface area contributed by atoms with Crippen molar-refractivity contribution in [2.45, 2.75) is 19.3 Å². The topological polar surface area (TPSA) is 50.4 Å². The maximum atomic E-state index is 11.0. The Bertz CT molecular complexity index is 530. The Morgan fingerprint density at radius 3 is 2.88 bits per heavy atom. The third-order valence-electron chi connectivity index (χ3n) is 2.55. The lowest BCUT2D eigenvalue weighted by atomic mass is 10.0. The van der Waals surface area contributed by atoms with E-state index in [0.717, 1.165) is 5.39 Å². The van der Waals surface area contributed by atoms with Crippen LogP contribution < -0.4 is 0 Å². The monoisotopic (exact) mass is 238 g/mol. The Balaban J connectivity index is 2.49. The van der Waals surface area contributed by atoms with E-state index in [9.17, 15) is 4.79 Å². The van der Waals surface area contributed by atoms with Crippen LogP contribution in [0.15, 0.2) is 28.7 Å². The Kier molecular flexibility index (Phi) is 2.88. The Morgan fingerprint density at radius 2 is 2.25 bits per heavy atom. The molecule has 0 aliphatic carbocycles. The second-order valence-electron chi connectivity index (χ2n) is 3.63. The summed E-state index contributed by atoms with van der Waals surface area (Å²) < 4.78 is 5.50. The highest BCUT2D eigenvalue weighted by atomic mass is 35.5. The molecule has 0 fully saturated rings. The molecule has 2 aromatic rings. The lowest BCUT2D eigenvalue weighted by Gasteiger charge is -2.04. The normalized spacial score (nSPS) is 12.9. The lowest BCUT2D eigenvalue weighted by Crippen LogP contribution is -2.09. The summed E-state index contributed by atoms with van der Waals surface area (Å²) in [6.07, 6.45) is 0.503. The minimum Gasteiger partial charge on any atom is -0.481 e. The maximum absolute atomic E-state index is 11.0. The number of fused-ring (bicyclic) bond motifs is 1. The van der Waals surface area contributed by atoms with E-state index >= 15 is 0 Å². The standard InChI is InChI=1S/C12H11ClO3/c1-2-9(12(14)15)11-6-7-5-8(13)3-4-10(7)16-11/h3-6,9H,2H2,1H3,(H,14,15). The van der Waals surface area contributed by atoms with Crippen LogP contribution in [0.1, 0.15) is 25.0 Å². The van der Waals surface area contributed by atoms with Crippen molar-refractivity contribution < 1.29 is 14.3 Å². The second kappa shape index (κ2) is 4.18. The quantitative estimate of drug-likeness (QED) is 0.888. The summed E-state index contributed by atoms with van der Waals surface area (Å²) in [4.78, 5) is 11.0. The first-order chi connectivity index (χ1) is 7.61. The number of hydrogen-bond acceptors (Lipinski definition) is 2. The third kappa shape index (κ3) is 1.91. The van der Waals surface area contributed by atoms with Crippen molar-refractivity contribution in [2.75, 3.05) is 0 Å². The van der Waals surface area contributed by atoms with Crippen molar-refractivity contribution in [3.63, 3.8) is 0 Å². The Morgan fingerprint density at radius 1 is 1.50 bits per heavy atom. The van der Waals surface area contributed by atoms with E-state index in [1.807, 2.05) is 6.92 Å². The van der Waals surface area contributed by atoms with E-state index in [0.29, 0.717) is 22.8 Å². The number of carboxylic acids is 1. The number of halogens is 1. The zero-order chi connectivity index (χ0) is 11.7. The first-order valence-electron chi connectivity index (χ1n) is 5.03. The Labute approximate surface area is 97.6 Å². The number of hydrogen-bond donors (Lipinski definition) is 1. The molecule has 0 radical (unpaired) electrons. The number of rotatable bonds is 3. The van der Waals surface area contributed by atoms with Crippen LogP contribution in [0.25, 0.3) is 11.0 Å². The summed E-state index contributed by atoms with van der Waals surface area (Å²) in [5.41, 5.74) is 0.666. The molecular weight excluding hydrogens is 228 g/mol. The molecule has 0 spiro atoms. The molecule has 1 atom stereocenters. The zero-order valence-corrected chi connectivity index (χ0v) is 9.49. The van der Waals surface area contributed by atoms with Gasteiger partial charge in [0.25, 0.3) is 0 Å². The molecule has 0 bridgehead atoms. The van der Waals surface area contributed by atoms with Crippen molar-refractivity contribution >= 4 is 28.5 Å². The summed E-state index contributed by atoms with van der Waals surface area (Å²) in [6.45, 7) is 1.82. The van der Waals surface area contributed by atoms with Gasteiger partial charge in [0.1, 0.15) is 17.3 Å². The SMILES string of the molecule is CCC(C(=O)O)c1cc2cc(Cl)ccc2o1. The average molecular weight is 239 g/mol. The summed E-state index contributed by atoms with van der Waals surface area (Å²) in [5.74, 6) is -0.980. The molecule has 0 aliphatic rings. The van der Waals surface area contributed by atoms with Gasteiger partial charge in [0.05, 0.1) is 0 Å². The molecule has 1 unspecified atom stereocenters. The number of aliphatic carboxylic acids is 1. The van der Waals surface area contributed by atoms with Crippen molar-refractivity contribution in [1.82, 2.24) is 0 Å². The molecule has 16 heavy (non-hydrogen) atoms. The first kappa shape index (κ1) is 11.0. The molecular formula is C12H11ClO3. The highest BCUT2D eigenvalue weighted by molar-refractivity contribution is 6.31. The van der Waals surface area contributed by atoms with Gasteiger partial charge in [-0.2, -0.15) is 0 Å². The van der Waals surface area contributed by atoms with E-state index < -0.39 is 11.9 Å². The largest absolute Gasteiger partial charge is 0.481 e. The van der Waals surface area contributed by atoms with Crippen molar-refractivity contribution in [3.05, 3.63) is 35.0 Å². The summed E-state index contributed by atoms with van der Waals surface area (Å²) in [7, 11) is 0. The van der Waals surface area contributed by atoms with Crippen LogP contribution in [0.5, 0.6) is 0 Å². The van der Waals surface area contributed by atoms with Gasteiger partial charge in [0, 0.05) is 10.4 Å². The van der Waals surface area contributed by atoms with Gasteiger partial charge in [-0.05, 0) is 30.7 Å². The van der Waals surface area contributed by atoms with E-state index in [2.05, 4.69) is 0 Å². The number of carboxylic acid groups (broad SMARTS) is 1. The molecule has 84 valence electrons. The molecule has 1 N–H and O–H groups in total. The van der Waals surface area contributed by atoms with Crippen LogP contribution in [-0.2, 0) is 4.79 Å². The molecule has 1 aromatic carbocycles. The van der Waals surface area contributed by atoms with Crippen LogP contribution >= 0.6 is 11.6 Å². The van der Waals surface area contributed by atoms with E-state index in [4.69, 9.17) is 21.1 Å². The fourth-order valence-electron chi connectivity index (χ4n) is 1.70. The van der Waals surface area contributed by atoms with Crippen LogP contribution in [0.3, 0.4) is 0 Å². The Hall–Kier alpha value is -1.48. The molecule has 1 heterocycles. The second-order valence-corrected chi connectivity index (χ2v) is 4.07. The fraction of sp³-hybridized carbons (Fsp3) is 0.250. The third-order valence-corrected chi connectivity index (χ3v) is 2.78. The van der Waals surface area contributed by atoms with Crippen molar-refractivity contribution in [2.24, 2.45) is 0 Å². The van der Waals surface area contributed by atoms with Gasteiger partial charge < -0.3 is 9.52 Å². The summed E-state index contributed by atoms with van der Waals surface area (Å²) >= 11 is 5.85. The van der Waals surface area contributed by atoms with Gasteiger partial charge in [-0.25, -0.2) is 0 Å². The molecule has 0 aliphatic heterocycles. The molecule has 3 nitrogen and oxygen atoms in total. The molecule has 0 saturated heterocycles. The predicted octanol–water partition coefficient (Wildman–Crippen LogP) is 3.66. The fourth-order valence-corrected chi connectivity index (χ4v) is 1.88. The smallest absolute Gasteiger partial charge is 0.314 e. The first-order valence-corrected chi connectivity index (χ1v) is 5.41. The van der Waals surface area contributed by atoms with Gasteiger partial charge in [0.15, 0.2) is 0 Å². The van der Waals surface area contributed by atoms with Gasteiger partial charge in [-0.3, -0.25) is 4.79 Å². The molecule has 1 aromatic heterocycles. The van der Waals surface area contributed by atoms with E-state index in [-0.39, 0.29) is 0 Å². The van der Waals surface area contributed by atoms with Gasteiger partial charge in [-0.1, -0.05) is 18.5 Å². The van der Waals surface area contributed by atoms with Gasteiger partial charge >= 0.3 is 5.97 Å². The molecule has 0 amide bonds. The van der Waals surface area contributed by atoms with Gasteiger partial charge in [0.2, 0.25) is 0 Å². The van der Waals surface area contributed by atoms with Crippen LogP contribution in [-0.4, -0.2) is 11.1 Å². The zero-order valence-electron chi connectivity index (χ0n) is 8.74. The summed E-state index contributed by atoms with van der Waals surface area (Å²) in [5, 5.41) is 10.5. The van der Waals surface area contributed by atoms with E-state index in [1.165, 1.54) is 0 Å². The van der Waals surface area contributed by atoms with Gasteiger partial charge in [-0.15, -0.1) is 0 Å². The molecule has 4 heteroatoms. The van der Waals surface area contributed by atoms with Crippen LogP contribution in [0.2, 0.25) is 5.02 Å². The van der Waals surface area contributed by atoms with Crippen molar-refractivity contribution in [3.8, 4) is 0 Å². The van der Waals surface area contributed by atoms with Crippen LogP contribution in [0, 0.1) is 0 Å². The van der Waals surface area contributed by atoms with Crippen molar-refractivity contribution in [1.29, 1.82) is 0 Å². The average Bonchev–Trinajstić information content (AvgIpc) is 2.60. The number of carbonyl (C=O) groups is 1.